The number of benzene rings is 2. The maximum atomic E-state index is 13.3. The van der Waals surface area contributed by atoms with Gasteiger partial charge < -0.3 is 4.74 Å². The Kier molecular flexibility index (Phi) is 4.52. The molecule has 126 valence electrons. The summed E-state index contributed by atoms with van der Waals surface area (Å²) in [6, 6.07) is 6.22. The SMILES string of the molecule is CCCc1c(Br)c(-c2ccc(F)cc2)c(C=O)c2c1CC(C)(C)O2. The Morgan fingerprint density at radius 1 is 1.29 bits per heavy atom. The number of hydrogen-bond acceptors (Lipinski definition) is 2. The number of ether oxygens (including phenoxy) is 1. The fourth-order valence-electron chi connectivity index (χ4n) is 3.38. The van der Waals surface area contributed by atoms with Crippen molar-refractivity contribution in [2.75, 3.05) is 0 Å². The summed E-state index contributed by atoms with van der Waals surface area (Å²) in [6.45, 7) is 6.19. The van der Waals surface area contributed by atoms with E-state index < -0.39 is 0 Å². The molecular formula is C20H20BrFO2. The van der Waals surface area contributed by atoms with Crippen LogP contribution in [0.3, 0.4) is 0 Å². The molecule has 0 N–H and O–H groups in total. The maximum absolute atomic E-state index is 13.3. The summed E-state index contributed by atoms with van der Waals surface area (Å²) in [4.78, 5) is 11.9. The number of aldehydes is 1. The van der Waals surface area contributed by atoms with Crippen LogP contribution in [0.5, 0.6) is 5.75 Å². The minimum absolute atomic E-state index is 0.296. The van der Waals surface area contributed by atoms with E-state index in [1.807, 2.05) is 13.8 Å². The largest absolute Gasteiger partial charge is 0.486 e. The van der Waals surface area contributed by atoms with Crippen molar-refractivity contribution in [1.82, 2.24) is 0 Å². The Bertz CT molecular complexity index is 795. The predicted molar refractivity (Wildman–Crippen MR) is 97.3 cm³/mol. The van der Waals surface area contributed by atoms with Gasteiger partial charge in [0.05, 0.1) is 5.56 Å². The van der Waals surface area contributed by atoms with Crippen molar-refractivity contribution in [2.45, 2.75) is 45.6 Å². The molecule has 2 aromatic carbocycles. The van der Waals surface area contributed by atoms with Gasteiger partial charge in [-0.15, -0.1) is 0 Å². The molecule has 0 amide bonds. The Morgan fingerprint density at radius 2 is 1.96 bits per heavy atom. The molecule has 0 radical (unpaired) electrons. The Balaban J connectivity index is 2.32. The highest BCUT2D eigenvalue weighted by molar-refractivity contribution is 9.10. The maximum Gasteiger partial charge on any atom is 0.154 e. The van der Waals surface area contributed by atoms with Crippen LogP contribution in [0.25, 0.3) is 11.1 Å². The molecule has 24 heavy (non-hydrogen) atoms. The number of carbonyl (C=O) groups excluding carboxylic acids is 1. The predicted octanol–water partition coefficient (Wildman–Crippen LogP) is 5.73. The van der Waals surface area contributed by atoms with E-state index in [1.54, 1.807) is 12.1 Å². The third-order valence-corrected chi connectivity index (χ3v) is 5.24. The van der Waals surface area contributed by atoms with Gasteiger partial charge in [0.25, 0.3) is 0 Å². The van der Waals surface area contributed by atoms with E-state index in [0.717, 1.165) is 46.7 Å². The molecule has 0 unspecified atom stereocenters. The topological polar surface area (TPSA) is 26.3 Å². The van der Waals surface area contributed by atoms with Crippen molar-refractivity contribution >= 4 is 22.2 Å². The first-order valence-electron chi connectivity index (χ1n) is 8.15. The smallest absolute Gasteiger partial charge is 0.154 e. The van der Waals surface area contributed by atoms with Crippen LogP contribution in [0.1, 0.15) is 48.7 Å². The van der Waals surface area contributed by atoms with Gasteiger partial charge in [-0.2, -0.15) is 0 Å². The quantitative estimate of drug-likeness (QED) is 0.622. The summed E-state index contributed by atoms with van der Waals surface area (Å²) in [5.74, 6) is 0.385. The van der Waals surface area contributed by atoms with Gasteiger partial charge >= 0.3 is 0 Å². The van der Waals surface area contributed by atoms with E-state index in [2.05, 4.69) is 22.9 Å². The highest BCUT2D eigenvalue weighted by Gasteiger charge is 2.36. The molecule has 0 atom stereocenters. The first kappa shape index (κ1) is 17.2. The first-order valence-corrected chi connectivity index (χ1v) is 8.94. The molecule has 0 aromatic heterocycles. The summed E-state index contributed by atoms with van der Waals surface area (Å²) < 4.78 is 20.3. The van der Waals surface area contributed by atoms with E-state index in [1.165, 1.54) is 17.7 Å². The van der Waals surface area contributed by atoms with Gasteiger partial charge in [0, 0.05) is 22.0 Å². The minimum Gasteiger partial charge on any atom is -0.486 e. The Morgan fingerprint density at radius 3 is 2.54 bits per heavy atom. The zero-order valence-corrected chi connectivity index (χ0v) is 15.7. The number of halogens is 2. The molecule has 3 rings (SSSR count). The van der Waals surface area contributed by atoms with E-state index in [-0.39, 0.29) is 11.4 Å². The molecule has 1 aliphatic heterocycles. The zero-order valence-electron chi connectivity index (χ0n) is 14.1. The first-order chi connectivity index (χ1) is 11.4. The van der Waals surface area contributed by atoms with Gasteiger partial charge in [0.15, 0.2) is 6.29 Å². The molecule has 0 fully saturated rings. The average Bonchev–Trinajstić information content (AvgIpc) is 2.86. The second-order valence-corrected chi connectivity index (χ2v) is 7.60. The van der Waals surface area contributed by atoms with Gasteiger partial charge in [-0.25, -0.2) is 4.39 Å². The lowest BCUT2D eigenvalue weighted by Crippen LogP contribution is -2.25. The van der Waals surface area contributed by atoms with Crippen LogP contribution in [-0.2, 0) is 12.8 Å². The second kappa shape index (κ2) is 6.32. The molecule has 2 aromatic rings. The number of carbonyl (C=O) groups is 1. The van der Waals surface area contributed by atoms with Crippen LogP contribution in [-0.4, -0.2) is 11.9 Å². The lowest BCUT2D eigenvalue weighted by Gasteiger charge is -2.19. The molecular weight excluding hydrogens is 371 g/mol. The fourth-order valence-corrected chi connectivity index (χ4v) is 4.26. The van der Waals surface area contributed by atoms with Crippen LogP contribution in [0.4, 0.5) is 4.39 Å². The lowest BCUT2D eigenvalue weighted by atomic mass is 9.89. The monoisotopic (exact) mass is 390 g/mol. The van der Waals surface area contributed by atoms with Crippen molar-refractivity contribution in [3.63, 3.8) is 0 Å². The Labute approximate surface area is 150 Å². The molecule has 0 saturated heterocycles. The van der Waals surface area contributed by atoms with Gasteiger partial charge in [0.2, 0.25) is 0 Å². The number of fused-ring (bicyclic) bond motifs is 1. The molecule has 2 nitrogen and oxygen atoms in total. The van der Waals surface area contributed by atoms with Crippen molar-refractivity contribution in [1.29, 1.82) is 0 Å². The van der Waals surface area contributed by atoms with Gasteiger partial charge in [0.1, 0.15) is 17.2 Å². The third kappa shape index (κ3) is 2.88. The van der Waals surface area contributed by atoms with Gasteiger partial charge in [-0.3, -0.25) is 4.79 Å². The van der Waals surface area contributed by atoms with E-state index in [0.29, 0.717) is 11.3 Å². The molecule has 1 heterocycles. The molecule has 4 heteroatoms. The summed E-state index contributed by atoms with van der Waals surface area (Å²) in [7, 11) is 0. The average molecular weight is 391 g/mol. The standard InChI is InChI=1S/C20H20BrFO2/c1-4-5-14-15-10-20(2,3)24-19(15)16(11-23)17(18(14)21)12-6-8-13(22)9-7-12/h6-9,11H,4-5,10H2,1-3H3. The molecule has 0 saturated carbocycles. The molecule has 0 spiro atoms. The zero-order chi connectivity index (χ0) is 17.5. The third-order valence-electron chi connectivity index (χ3n) is 4.37. The second-order valence-electron chi connectivity index (χ2n) is 6.80. The van der Waals surface area contributed by atoms with Crippen LogP contribution in [0.15, 0.2) is 28.7 Å². The molecule has 0 bridgehead atoms. The molecule has 1 aliphatic rings. The van der Waals surface area contributed by atoms with Crippen molar-refractivity contribution in [2.24, 2.45) is 0 Å². The van der Waals surface area contributed by atoms with Crippen LogP contribution in [0, 0.1) is 5.82 Å². The number of hydrogen-bond donors (Lipinski definition) is 0. The molecule has 0 aliphatic carbocycles. The normalized spacial score (nSPS) is 15.0. The van der Waals surface area contributed by atoms with E-state index in [4.69, 9.17) is 4.74 Å². The van der Waals surface area contributed by atoms with E-state index in [9.17, 15) is 9.18 Å². The summed E-state index contributed by atoms with van der Waals surface area (Å²) >= 11 is 3.71. The number of rotatable bonds is 4. The van der Waals surface area contributed by atoms with Crippen LogP contribution in [0.2, 0.25) is 0 Å². The highest BCUT2D eigenvalue weighted by Crippen LogP contribution is 2.48. The lowest BCUT2D eigenvalue weighted by molar-refractivity contribution is 0.110. The summed E-state index contributed by atoms with van der Waals surface area (Å²) in [5, 5.41) is 0. The highest BCUT2D eigenvalue weighted by atomic mass is 79.9. The summed E-state index contributed by atoms with van der Waals surface area (Å²) in [5.41, 5.74) is 4.09. The van der Waals surface area contributed by atoms with Crippen molar-refractivity contribution < 1.29 is 13.9 Å². The minimum atomic E-state index is -0.330. The van der Waals surface area contributed by atoms with Crippen molar-refractivity contribution in [3.8, 4) is 16.9 Å². The van der Waals surface area contributed by atoms with E-state index >= 15 is 0 Å². The summed E-state index contributed by atoms with van der Waals surface area (Å²) in [6.07, 6.45) is 3.52. The Hall–Kier alpha value is -1.68. The van der Waals surface area contributed by atoms with Crippen LogP contribution >= 0.6 is 15.9 Å². The van der Waals surface area contributed by atoms with Gasteiger partial charge in [-0.1, -0.05) is 25.5 Å². The van der Waals surface area contributed by atoms with Crippen LogP contribution < -0.4 is 4.74 Å². The van der Waals surface area contributed by atoms with Gasteiger partial charge in [-0.05, 0) is 59.5 Å². The van der Waals surface area contributed by atoms with Crippen molar-refractivity contribution in [3.05, 3.63) is 51.2 Å². The fraction of sp³-hybridized carbons (Fsp3) is 0.350.